The van der Waals surface area contributed by atoms with Crippen molar-refractivity contribution in [3.63, 3.8) is 0 Å². The molecular formula is C24H34N4O2. The van der Waals surface area contributed by atoms with Crippen LogP contribution in [0.25, 0.3) is 0 Å². The zero-order valence-corrected chi connectivity index (χ0v) is 18.1. The topological polar surface area (TPSA) is 69.0 Å². The fourth-order valence-corrected chi connectivity index (χ4v) is 4.82. The molecule has 0 saturated carbocycles. The molecule has 6 nitrogen and oxygen atoms in total. The summed E-state index contributed by atoms with van der Waals surface area (Å²) < 4.78 is 7.52. The molecule has 30 heavy (non-hydrogen) atoms. The number of carbonyl (C=O) groups is 1. The van der Waals surface area contributed by atoms with Gasteiger partial charge < -0.3 is 10.1 Å². The van der Waals surface area contributed by atoms with Crippen LogP contribution in [0.5, 0.6) is 0 Å². The van der Waals surface area contributed by atoms with Gasteiger partial charge in [0.25, 0.3) is 5.91 Å². The third-order valence-electron chi connectivity index (χ3n) is 6.46. The lowest BCUT2D eigenvalue weighted by Gasteiger charge is -2.25. The lowest BCUT2D eigenvalue weighted by atomic mass is 9.83. The van der Waals surface area contributed by atoms with Crippen LogP contribution in [-0.2, 0) is 30.5 Å². The molecule has 0 radical (unpaired) electrons. The summed E-state index contributed by atoms with van der Waals surface area (Å²) in [6.45, 7) is 4.51. The summed E-state index contributed by atoms with van der Waals surface area (Å²) in [5.74, 6) is 0.632. The van der Waals surface area contributed by atoms with Crippen LogP contribution in [0.1, 0.15) is 72.8 Å². The first-order valence-electron chi connectivity index (χ1n) is 11.6. The van der Waals surface area contributed by atoms with Gasteiger partial charge >= 0.3 is 0 Å². The minimum atomic E-state index is 0.00372. The molecule has 1 saturated heterocycles. The molecule has 1 amide bonds. The molecule has 1 N–H and O–H groups in total. The van der Waals surface area contributed by atoms with E-state index in [1.54, 1.807) is 0 Å². The number of aromatic nitrogens is 3. The average molecular weight is 411 g/mol. The number of rotatable bonds is 8. The van der Waals surface area contributed by atoms with Crippen LogP contribution >= 0.6 is 0 Å². The summed E-state index contributed by atoms with van der Waals surface area (Å²) in [7, 11) is 0. The molecule has 0 spiro atoms. The Labute approximate surface area is 179 Å². The van der Waals surface area contributed by atoms with Gasteiger partial charge in [-0.15, -0.1) is 0 Å². The molecule has 162 valence electrons. The molecule has 0 bridgehead atoms. The summed E-state index contributed by atoms with van der Waals surface area (Å²) >= 11 is 0. The van der Waals surface area contributed by atoms with Gasteiger partial charge in [0.15, 0.2) is 5.69 Å². The maximum absolute atomic E-state index is 13.1. The number of carbonyl (C=O) groups excluding carboxylic acids is 1. The first kappa shape index (κ1) is 21.0. The van der Waals surface area contributed by atoms with Crippen molar-refractivity contribution >= 4 is 5.91 Å². The number of fused-ring (bicyclic) bond motifs is 1. The Morgan fingerprint density at radius 1 is 1.30 bits per heavy atom. The second kappa shape index (κ2) is 10.2. The molecule has 2 aliphatic rings. The predicted octanol–water partition coefficient (Wildman–Crippen LogP) is 3.72. The lowest BCUT2D eigenvalue weighted by Crippen LogP contribution is -2.39. The monoisotopic (exact) mass is 410 g/mol. The van der Waals surface area contributed by atoms with Crippen molar-refractivity contribution in [3.8, 4) is 0 Å². The van der Waals surface area contributed by atoms with Crippen LogP contribution in [0.15, 0.2) is 24.5 Å². The number of hydrogen-bond donors (Lipinski definition) is 1. The number of pyridine rings is 1. The van der Waals surface area contributed by atoms with Gasteiger partial charge in [-0.05, 0) is 75.3 Å². The zero-order valence-electron chi connectivity index (χ0n) is 18.1. The van der Waals surface area contributed by atoms with Gasteiger partial charge in [0, 0.05) is 49.5 Å². The van der Waals surface area contributed by atoms with Gasteiger partial charge in [-0.25, -0.2) is 0 Å². The van der Waals surface area contributed by atoms with Crippen molar-refractivity contribution in [3.05, 3.63) is 47.0 Å². The normalized spacial score (nSPS) is 19.4. The quantitative estimate of drug-likeness (QED) is 0.720. The molecule has 6 heteroatoms. The van der Waals surface area contributed by atoms with Crippen LogP contribution in [0, 0.1) is 5.92 Å². The first-order chi connectivity index (χ1) is 14.7. The minimum absolute atomic E-state index is 0.00372. The number of aryl methyl sites for hydroxylation is 2. The molecule has 1 aliphatic carbocycles. The average Bonchev–Trinajstić information content (AvgIpc) is 3.13. The number of ether oxygens (including phenoxy) is 1. The van der Waals surface area contributed by atoms with Crippen molar-refractivity contribution in [1.82, 2.24) is 20.1 Å². The maximum atomic E-state index is 13.1. The van der Waals surface area contributed by atoms with E-state index in [0.29, 0.717) is 11.6 Å². The molecule has 1 aliphatic heterocycles. The highest BCUT2D eigenvalue weighted by molar-refractivity contribution is 5.94. The van der Waals surface area contributed by atoms with E-state index in [1.807, 2.05) is 18.5 Å². The highest BCUT2D eigenvalue weighted by Gasteiger charge is 2.30. The van der Waals surface area contributed by atoms with Crippen molar-refractivity contribution < 1.29 is 9.53 Å². The van der Waals surface area contributed by atoms with E-state index in [2.05, 4.69) is 28.0 Å². The van der Waals surface area contributed by atoms with E-state index in [0.717, 1.165) is 58.3 Å². The minimum Gasteiger partial charge on any atom is -0.381 e. The van der Waals surface area contributed by atoms with Crippen LogP contribution in [-0.4, -0.2) is 39.9 Å². The number of amides is 1. The summed E-state index contributed by atoms with van der Waals surface area (Å²) in [6.07, 6.45) is 13.2. The van der Waals surface area contributed by atoms with Crippen LogP contribution in [0.2, 0.25) is 0 Å². The van der Waals surface area contributed by atoms with Gasteiger partial charge in [-0.3, -0.25) is 14.5 Å². The third kappa shape index (κ3) is 5.09. The van der Waals surface area contributed by atoms with E-state index in [1.165, 1.54) is 36.1 Å². The summed E-state index contributed by atoms with van der Waals surface area (Å²) in [5, 5.41) is 7.99. The van der Waals surface area contributed by atoms with E-state index >= 15 is 0 Å². The summed E-state index contributed by atoms with van der Waals surface area (Å²) in [4.78, 5) is 17.3. The highest BCUT2D eigenvalue weighted by Crippen LogP contribution is 2.31. The first-order valence-corrected chi connectivity index (χ1v) is 11.6. The van der Waals surface area contributed by atoms with Crippen molar-refractivity contribution in [2.45, 2.75) is 77.3 Å². The molecule has 1 atom stereocenters. The van der Waals surface area contributed by atoms with E-state index in [4.69, 9.17) is 9.84 Å². The van der Waals surface area contributed by atoms with Gasteiger partial charge in [0.1, 0.15) is 0 Å². The summed E-state index contributed by atoms with van der Waals surface area (Å²) in [5.41, 5.74) is 4.46. The van der Waals surface area contributed by atoms with Gasteiger partial charge in [0.2, 0.25) is 0 Å². The van der Waals surface area contributed by atoms with Gasteiger partial charge in [0.05, 0.1) is 0 Å². The Morgan fingerprint density at radius 3 is 2.93 bits per heavy atom. The number of nitrogens with zero attached hydrogens (tertiary/aromatic N) is 3. The van der Waals surface area contributed by atoms with Crippen molar-refractivity contribution in [2.24, 2.45) is 5.92 Å². The second-order valence-corrected chi connectivity index (χ2v) is 8.72. The molecule has 2 aromatic rings. The SMILES string of the molecule is CCCn1nc(C(=O)NC2CCOCC2)c2c1CCC(CCCc1cccnc1)C2. The van der Waals surface area contributed by atoms with E-state index < -0.39 is 0 Å². The molecule has 3 heterocycles. The zero-order chi connectivity index (χ0) is 20.8. The molecule has 4 rings (SSSR count). The Bertz CT molecular complexity index is 827. The smallest absolute Gasteiger partial charge is 0.272 e. The van der Waals surface area contributed by atoms with E-state index in [-0.39, 0.29) is 11.9 Å². The largest absolute Gasteiger partial charge is 0.381 e. The second-order valence-electron chi connectivity index (χ2n) is 8.72. The Kier molecular flexibility index (Phi) is 7.16. The van der Waals surface area contributed by atoms with Crippen LogP contribution < -0.4 is 5.32 Å². The van der Waals surface area contributed by atoms with Crippen LogP contribution in [0.3, 0.4) is 0 Å². The standard InChI is InChI=1S/C24H34N4O2/c1-2-13-28-22-9-8-18(5-3-6-19-7-4-12-25-17-19)16-21(22)23(27-28)24(29)26-20-10-14-30-15-11-20/h4,7,12,17-18,20H,2-3,5-6,8-11,13-16H2,1H3,(H,26,29). The van der Waals surface area contributed by atoms with Gasteiger partial charge in [-0.1, -0.05) is 13.0 Å². The van der Waals surface area contributed by atoms with Crippen molar-refractivity contribution in [1.29, 1.82) is 0 Å². The number of nitrogens with one attached hydrogen (secondary N) is 1. The Balaban J connectivity index is 1.42. The fourth-order valence-electron chi connectivity index (χ4n) is 4.82. The number of hydrogen-bond acceptors (Lipinski definition) is 4. The lowest BCUT2D eigenvalue weighted by molar-refractivity contribution is 0.0693. The predicted molar refractivity (Wildman–Crippen MR) is 117 cm³/mol. The summed E-state index contributed by atoms with van der Waals surface area (Å²) in [6, 6.07) is 4.37. The Hall–Kier alpha value is -2.21. The molecule has 1 unspecified atom stereocenters. The van der Waals surface area contributed by atoms with Crippen molar-refractivity contribution in [2.75, 3.05) is 13.2 Å². The third-order valence-corrected chi connectivity index (χ3v) is 6.46. The maximum Gasteiger partial charge on any atom is 0.272 e. The van der Waals surface area contributed by atoms with Gasteiger partial charge in [-0.2, -0.15) is 5.10 Å². The molecule has 2 aromatic heterocycles. The Morgan fingerprint density at radius 2 is 2.17 bits per heavy atom. The van der Waals surface area contributed by atoms with Crippen LogP contribution in [0.4, 0.5) is 0 Å². The van der Waals surface area contributed by atoms with E-state index in [9.17, 15) is 4.79 Å². The molecule has 1 fully saturated rings. The fraction of sp³-hybridized carbons (Fsp3) is 0.625. The molecule has 0 aromatic carbocycles. The molecular weight excluding hydrogens is 376 g/mol. The highest BCUT2D eigenvalue weighted by atomic mass is 16.5.